The molecule has 0 aromatic carbocycles. The minimum Gasteiger partial charge on any atom is -0.478 e. The fraction of sp³-hybridized carbons (Fsp3) is 0.667. The first-order valence-electron chi connectivity index (χ1n) is 5.80. The summed E-state index contributed by atoms with van der Waals surface area (Å²) in [6.45, 7) is 0.564. The maximum Gasteiger partial charge on any atom is 0.331 e. The number of carboxylic acid groups (broad SMARTS) is 1. The summed E-state index contributed by atoms with van der Waals surface area (Å²) < 4.78 is 4.95. The Bertz CT molecular complexity index is 289. The molecule has 1 fully saturated rings. The van der Waals surface area contributed by atoms with Gasteiger partial charge in [0.25, 0.3) is 0 Å². The third kappa shape index (κ3) is 5.49. The van der Waals surface area contributed by atoms with Gasteiger partial charge in [0, 0.05) is 18.8 Å². The van der Waals surface area contributed by atoms with Crippen molar-refractivity contribution in [3.63, 3.8) is 0 Å². The zero-order chi connectivity index (χ0) is 12.7. The molecule has 0 unspecified atom stereocenters. The maximum atomic E-state index is 11.1. The van der Waals surface area contributed by atoms with Crippen LogP contribution in [0.5, 0.6) is 0 Å². The molecule has 1 aliphatic rings. The fourth-order valence-electron chi connectivity index (χ4n) is 1.97. The molecule has 17 heavy (non-hydrogen) atoms. The van der Waals surface area contributed by atoms with Gasteiger partial charge in [-0.1, -0.05) is 0 Å². The molecular weight excluding hydrogens is 224 g/mol. The van der Waals surface area contributed by atoms with E-state index in [-0.39, 0.29) is 6.61 Å². The highest BCUT2D eigenvalue weighted by Gasteiger charge is 2.21. The molecule has 1 saturated carbocycles. The summed E-state index contributed by atoms with van der Waals surface area (Å²) in [5.41, 5.74) is 0. The lowest BCUT2D eigenvalue weighted by molar-refractivity contribution is -0.140. The highest BCUT2D eigenvalue weighted by molar-refractivity contribution is 5.90. The van der Waals surface area contributed by atoms with E-state index in [1.165, 1.54) is 0 Å². The smallest absolute Gasteiger partial charge is 0.331 e. The molecule has 96 valence electrons. The van der Waals surface area contributed by atoms with E-state index >= 15 is 0 Å². The zero-order valence-electron chi connectivity index (χ0n) is 9.67. The first-order valence-corrected chi connectivity index (χ1v) is 5.80. The number of esters is 1. The van der Waals surface area contributed by atoms with Gasteiger partial charge in [-0.15, -0.1) is 0 Å². The summed E-state index contributed by atoms with van der Waals surface area (Å²) in [5, 5.41) is 17.3. The molecule has 1 rings (SSSR count). The Hall–Kier alpha value is -1.36. The van der Waals surface area contributed by atoms with Crippen LogP contribution in [-0.2, 0) is 14.3 Å². The molecule has 5 nitrogen and oxygen atoms in total. The van der Waals surface area contributed by atoms with Gasteiger partial charge in [-0.05, 0) is 37.5 Å². The van der Waals surface area contributed by atoms with Gasteiger partial charge in [0.05, 0.1) is 6.61 Å². The van der Waals surface area contributed by atoms with Gasteiger partial charge in [0.2, 0.25) is 0 Å². The fourth-order valence-corrected chi connectivity index (χ4v) is 1.97. The summed E-state index contributed by atoms with van der Waals surface area (Å²) >= 11 is 0. The number of aliphatic carboxylic acids is 1. The molecular formula is C12H18O5. The number of carbonyl (C=O) groups excluding carboxylic acids is 1. The Morgan fingerprint density at radius 1 is 1.12 bits per heavy atom. The van der Waals surface area contributed by atoms with E-state index in [9.17, 15) is 9.59 Å². The lowest BCUT2D eigenvalue weighted by Gasteiger charge is -2.26. The maximum absolute atomic E-state index is 11.1. The van der Waals surface area contributed by atoms with Crippen LogP contribution in [0.15, 0.2) is 12.2 Å². The molecule has 0 amide bonds. The van der Waals surface area contributed by atoms with Crippen LogP contribution in [-0.4, -0.2) is 35.4 Å². The summed E-state index contributed by atoms with van der Waals surface area (Å²) in [6.07, 6.45) is 5.50. The van der Waals surface area contributed by atoms with Crippen molar-refractivity contribution in [2.45, 2.75) is 25.7 Å². The highest BCUT2D eigenvalue weighted by Crippen LogP contribution is 2.28. The topological polar surface area (TPSA) is 83.8 Å². The number of aliphatic hydroxyl groups excluding tert-OH is 1. The SMILES string of the molecule is O=C(O)C=CC(=O)OCC1CCC(CO)CC1. The molecule has 0 bridgehead atoms. The second kappa shape index (κ2) is 7.06. The number of ether oxygens (including phenoxy) is 1. The summed E-state index contributed by atoms with van der Waals surface area (Å²) in [5.74, 6) is -1.06. The zero-order valence-corrected chi connectivity index (χ0v) is 9.67. The van der Waals surface area contributed by atoms with Crippen LogP contribution in [0, 0.1) is 11.8 Å². The third-order valence-electron chi connectivity index (χ3n) is 3.05. The predicted octanol–water partition coefficient (Wildman–Crippen LogP) is 0.969. The van der Waals surface area contributed by atoms with Gasteiger partial charge < -0.3 is 14.9 Å². The van der Waals surface area contributed by atoms with Gasteiger partial charge in [0.15, 0.2) is 0 Å². The molecule has 0 aliphatic heterocycles. The van der Waals surface area contributed by atoms with Crippen molar-refractivity contribution in [3.8, 4) is 0 Å². The molecule has 2 N–H and O–H groups in total. The van der Waals surface area contributed by atoms with Crippen molar-refractivity contribution in [3.05, 3.63) is 12.2 Å². The molecule has 0 saturated heterocycles. The van der Waals surface area contributed by atoms with Crippen molar-refractivity contribution >= 4 is 11.9 Å². The number of hydrogen-bond acceptors (Lipinski definition) is 4. The van der Waals surface area contributed by atoms with Crippen LogP contribution in [0.1, 0.15) is 25.7 Å². The van der Waals surface area contributed by atoms with Crippen molar-refractivity contribution < 1.29 is 24.5 Å². The second-order valence-corrected chi connectivity index (χ2v) is 4.37. The first-order chi connectivity index (χ1) is 8.11. The number of carbonyl (C=O) groups is 2. The van der Waals surface area contributed by atoms with E-state index in [4.69, 9.17) is 14.9 Å². The van der Waals surface area contributed by atoms with E-state index in [0.29, 0.717) is 18.4 Å². The van der Waals surface area contributed by atoms with Crippen molar-refractivity contribution in [2.75, 3.05) is 13.2 Å². The quantitative estimate of drug-likeness (QED) is 0.554. The molecule has 1 aliphatic carbocycles. The summed E-state index contributed by atoms with van der Waals surface area (Å²) in [6, 6.07) is 0. The van der Waals surface area contributed by atoms with Crippen molar-refractivity contribution in [1.29, 1.82) is 0 Å². The van der Waals surface area contributed by atoms with Crippen LogP contribution in [0.3, 0.4) is 0 Å². The van der Waals surface area contributed by atoms with Gasteiger partial charge >= 0.3 is 11.9 Å². The Morgan fingerprint density at radius 3 is 2.24 bits per heavy atom. The van der Waals surface area contributed by atoms with E-state index in [2.05, 4.69) is 0 Å². The normalized spacial score (nSPS) is 24.8. The molecule has 0 atom stereocenters. The second-order valence-electron chi connectivity index (χ2n) is 4.37. The number of hydrogen-bond donors (Lipinski definition) is 2. The lowest BCUT2D eigenvalue weighted by Crippen LogP contribution is -2.21. The Labute approximate surface area is 100 Å². The summed E-state index contributed by atoms with van der Waals surface area (Å²) in [4.78, 5) is 21.3. The van der Waals surface area contributed by atoms with Crippen molar-refractivity contribution in [2.24, 2.45) is 11.8 Å². The highest BCUT2D eigenvalue weighted by atomic mass is 16.5. The molecule has 0 spiro atoms. The van der Waals surface area contributed by atoms with Crippen LogP contribution >= 0.6 is 0 Å². The van der Waals surface area contributed by atoms with Crippen LogP contribution in [0.25, 0.3) is 0 Å². The predicted molar refractivity (Wildman–Crippen MR) is 60.3 cm³/mol. The Balaban J connectivity index is 2.19. The monoisotopic (exact) mass is 242 g/mol. The van der Waals surface area contributed by atoms with Crippen molar-refractivity contribution in [1.82, 2.24) is 0 Å². The summed E-state index contributed by atoms with van der Waals surface area (Å²) in [7, 11) is 0. The lowest BCUT2D eigenvalue weighted by atomic mass is 9.83. The Morgan fingerprint density at radius 2 is 1.71 bits per heavy atom. The standard InChI is InChI=1S/C12H18O5/c13-7-9-1-3-10(4-2-9)8-17-12(16)6-5-11(14)15/h5-6,9-10,13H,1-4,7-8H2,(H,14,15). The number of carboxylic acids is 1. The van der Waals surface area contributed by atoms with Gasteiger partial charge in [-0.2, -0.15) is 0 Å². The van der Waals surface area contributed by atoms with Gasteiger partial charge in [0.1, 0.15) is 0 Å². The molecule has 5 heteroatoms. The average Bonchev–Trinajstić information content (AvgIpc) is 2.34. The van der Waals surface area contributed by atoms with Crippen LogP contribution in [0.2, 0.25) is 0 Å². The van der Waals surface area contributed by atoms with E-state index in [1.54, 1.807) is 0 Å². The minimum atomic E-state index is -1.16. The number of aliphatic hydroxyl groups is 1. The molecule has 0 aromatic heterocycles. The number of rotatable bonds is 5. The van der Waals surface area contributed by atoms with E-state index in [0.717, 1.165) is 37.8 Å². The Kier molecular flexibility index (Phi) is 5.69. The van der Waals surface area contributed by atoms with Crippen LogP contribution in [0.4, 0.5) is 0 Å². The van der Waals surface area contributed by atoms with Gasteiger partial charge in [-0.25, -0.2) is 9.59 Å². The van der Waals surface area contributed by atoms with E-state index in [1.807, 2.05) is 0 Å². The van der Waals surface area contributed by atoms with Crippen LogP contribution < -0.4 is 0 Å². The van der Waals surface area contributed by atoms with Gasteiger partial charge in [-0.3, -0.25) is 0 Å². The third-order valence-corrected chi connectivity index (χ3v) is 3.05. The first kappa shape index (κ1) is 13.7. The largest absolute Gasteiger partial charge is 0.478 e. The molecule has 0 aromatic rings. The molecule has 0 radical (unpaired) electrons. The van der Waals surface area contributed by atoms with E-state index < -0.39 is 11.9 Å². The molecule has 0 heterocycles. The minimum absolute atomic E-state index is 0.230. The average molecular weight is 242 g/mol.